The minimum atomic E-state index is -0.102. The fraction of sp³-hybridized carbons (Fsp3) is 0.133. The van der Waals surface area contributed by atoms with Gasteiger partial charge < -0.3 is 9.53 Å². The minimum absolute atomic E-state index is 0.102. The van der Waals surface area contributed by atoms with Gasteiger partial charge in [0.15, 0.2) is 0 Å². The lowest BCUT2D eigenvalue weighted by molar-refractivity contribution is -0.108. The Balaban J connectivity index is 2.19. The Morgan fingerprint density at radius 1 is 1.00 bits per heavy atom. The second kappa shape index (κ2) is 5.30. The van der Waals surface area contributed by atoms with E-state index in [0.717, 1.165) is 23.3 Å². The number of benzene rings is 2. The fourth-order valence-electron chi connectivity index (χ4n) is 1.56. The molecule has 2 nitrogen and oxygen atoms in total. The zero-order valence-corrected chi connectivity index (χ0v) is 9.67. The van der Waals surface area contributed by atoms with Gasteiger partial charge in [-0.2, -0.15) is 0 Å². The van der Waals surface area contributed by atoms with Gasteiger partial charge in [0.05, 0.1) is 0 Å². The van der Waals surface area contributed by atoms with E-state index in [9.17, 15) is 4.79 Å². The van der Waals surface area contributed by atoms with Crippen molar-refractivity contribution in [2.24, 2.45) is 0 Å². The Hall–Kier alpha value is -2.09. The molecule has 0 saturated carbocycles. The number of ether oxygens (including phenoxy) is 1. The summed E-state index contributed by atoms with van der Waals surface area (Å²) in [6, 6.07) is 17.2. The molecule has 0 aliphatic rings. The Bertz CT molecular complexity index is 491. The molecule has 0 aliphatic carbocycles. The summed E-state index contributed by atoms with van der Waals surface area (Å²) >= 11 is 0. The summed E-state index contributed by atoms with van der Waals surface area (Å²) in [7, 11) is 0. The van der Waals surface area contributed by atoms with E-state index in [2.05, 4.69) is 0 Å². The topological polar surface area (TPSA) is 26.3 Å². The first-order valence-electron chi connectivity index (χ1n) is 5.58. The average Bonchev–Trinajstić information content (AvgIpc) is 2.39. The van der Waals surface area contributed by atoms with Crippen LogP contribution in [0.1, 0.15) is 18.4 Å². The maximum absolute atomic E-state index is 10.7. The van der Waals surface area contributed by atoms with Gasteiger partial charge in [-0.1, -0.05) is 37.3 Å². The van der Waals surface area contributed by atoms with Crippen molar-refractivity contribution < 1.29 is 9.53 Å². The zero-order valence-electron chi connectivity index (χ0n) is 9.67. The summed E-state index contributed by atoms with van der Waals surface area (Å²) in [6.07, 6.45) is 0.932. The molecule has 0 saturated heterocycles. The highest BCUT2D eigenvalue weighted by molar-refractivity contribution is 5.61. The number of carbonyl (C=O) groups excluding carboxylic acids is 1. The highest BCUT2D eigenvalue weighted by atomic mass is 16.5. The molecule has 0 radical (unpaired) electrons. The van der Waals surface area contributed by atoms with Crippen LogP contribution in [0, 0.1) is 0 Å². The number of rotatable bonds is 4. The van der Waals surface area contributed by atoms with Crippen molar-refractivity contribution in [2.75, 3.05) is 0 Å². The van der Waals surface area contributed by atoms with E-state index in [0.29, 0.717) is 0 Å². The molecule has 0 aromatic heterocycles. The van der Waals surface area contributed by atoms with E-state index in [1.54, 1.807) is 0 Å². The standard InChI is InChI=1S/C15H14O2/c1-12(11-16)13-6-5-9-15(10-13)17-14-7-3-2-4-8-14/h2-12H,1H3/t12-/m0/s1. The molecule has 2 rings (SSSR count). The van der Waals surface area contributed by atoms with Gasteiger partial charge in [0, 0.05) is 5.92 Å². The molecule has 0 amide bonds. The maximum Gasteiger partial charge on any atom is 0.127 e. The number of carbonyl (C=O) groups is 1. The first-order chi connectivity index (χ1) is 8.29. The molecule has 0 bridgehead atoms. The monoisotopic (exact) mass is 226 g/mol. The van der Waals surface area contributed by atoms with Gasteiger partial charge in [0.1, 0.15) is 17.8 Å². The normalized spacial score (nSPS) is 11.8. The van der Waals surface area contributed by atoms with Crippen LogP contribution in [0.4, 0.5) is 0 Å². The van der Waals surface area contributed by atoms with Crippen LogP contribution in [0.2, 0.25) is 0 Å². The Kier molecular flexibility index (Phi) is 3.55. The molecular formula is C15H14O2. The number of aldehydes is 1. The molecule has 0 unspecified atom stereocenters. The van der Waals surface area contributed by atoms with Crippen molar-refractivity contribution in [3.63, 3.8) is 0 Å². The highest BCUT2D eigenvalue weighted by Crippen LogP contribution is 2.24. The van der Waals surface area contributed by atoms with Crippen LogP contribution in [0.5, 0.6) is 11.5 Å². The molecule has 17 heavy (non-hydrogen) atoms. The SMILES string of the molecule is C[C@@H](C=O)c1cccc(Oc2ccccc2)c1. The van der Waals surface area contributed by atoms with E-state index in [1.165, 1.54) is 0 Å². The van der Waals surface area contributed by atoms with Gasteiger partial charge >= 0.3 is 0 Å². The van der Waals surface area contributed by atoms with Gasteiger partial charge in [0.2, 0.25) is 0 Å². The van der Waals surface area contributed by atoms with Crippen LogP contribution in [-0.4, -0.2) is 6.29 Å². The molecule has 0 spiro atoms. The minimum Gasteiger partial charge on any atom is -0.457 e. The summed E-state index contributed by atoms with van der Waals surface area (Å²) < 4.78 is 5.70. The number of para-hydroxylation sites is 1. The van der Waals surface area contributed by atoms with E-state index >= 15 is 0 Å². The highest BCUT2D eigenvalue weighted by Gasteiger charge is 2.05. The molecule has 2 heteroatoms. The summed E-state index contributed by atoms with van der Waals surface area (Å²) in [5, 5.41) is 0. The molecule has 2 aromatic carbocycles. The second-order valence-electron chi connectivity index (χ2n) is 3.91. The molecule has 0 N–H and O–H groups in total. The molecular weight excluding hydrogens is 212 g/mol. The predicted molar refractivity (Wildman–Crippen MR) is 67.4 cm³/mol. The lowest BCUT2D eigenvalue weighted by Gasteiger charge is -2.08. The van der Waals surface area contributed by atoms with Crippen LogP contribution in [0.25, 0.3) is 0 Å². The largest absolute Gasteiger partial charge is 0.457 e. The van der Waals surface area contributed by atoms with Gasteiger partial charge in [0.25, 0.3) is 0 Å². The van der Waals surface area contributed by atoms with Crippen LogP contribution in [-0.2, 0) is 4.79 Å². The van der Waals surface area contributed by atoms with Crippen molar-refractivity contribution in [3.05, 3.63) is 60.2 Å². The molecule has 0 heterocycles. The summed E-state index contributed by atoms with van der Waals surface area (Å²) in [5.41, 5.74) is 0.966. The van der Waals surface area contributed by atoms with Crippen LogP contribution in [0.15, 0.2) is 54.6 Å². The molecule has 2 aromatic rings. The van der Waals surface area contributed by atoms with Crippen LogP contribution >= 0.6 is 0 Å². The van der Waals surface area contributed by atoms with Gasteiger partial charge in [-0.25, -0.2) is 0 Å². The van der Waals surface area contributed by atoms with Gasteiger partial charge in [-0.3, -0.25) is 0 Å². The van der Waals surface area contributed by atoms with Crippen molar-refractivity contribution >= 4 is 6.29 Å². The second-order valence-corrected chi connectivity index (χ2v) is 3.91. The third kappa shape index (κ3) is 2.94. The molecule has 0 aliphatic heterocycles. The quantitative estimate of drug-likeness (QED) is 0.741. The van der Waals surface area contributed by atoms with Crippen molar-refractivity contribution in [2.45, 2.75) is 12.8 Å². The first-order valence-corrected chi connectivity index (χ1v) is 5.58. The summed E-state index contributed by atoms with van der Waals surface area (Å²) in [6.45, 7) is 1.87. The smallest absolute Gasteiger partial charge is 0.127 e. The Labute approximate surface area is 101 Å². The van der Waals surface area contributed by atoms with E-state index in [4.69, 9.17) is 4.74 Å². The van der Waals surface area contributed by atoms with Gasteiger partial charge in [-0.15, -0.1) is 0 Å². The van der Waals surface area contributed by atoms with Crippen molar-refractivity contribution in [1.29, 1.82) is 0 Å². The summed E-state index contributed by atoms with van der Waals surface area (Å²) in [5.74, 6) is 1.44. The number of hydrogen-bond donors (Lipinski definition) is 0. The summed E-state index contributed by atoms with van der Waals surface area (Å²) in [4.78, 5) is 10.7. The van der Waals surface area contributed by atoms with Crippen LogP contribution in [0.3, 0.4) is 0 Å². The third-order valence-electron chi connectivity index (χ3n) is 2.57. The predicted octanol–water partition coefficient (Wildman–Crippen LogP) is 3.78. The average molecular weight is 226 g/mol. The molecule has 1 atom stereocenters. The van der Waals surface area contributed by atoms with Crippen LogP contribution < -0.4 is 4.74 Å². The molecule has 0 fully saturated rings. The fourth-order valence-corrected chi connectivity index (χ4v) is 1.56. The first kappa shape index (κ1) is 11.4. The Morgan fingerprint density at radius 2 is 1.71 bits per heavy atom. The number of hydrogen-bond acceptors (Lipinski definition) is 2. The third-order valence-corrected chi connectivity index (χ3v) is 2.57. The zero-order chi connectivity index (χ0) is 12.1. The Morgan fingerprint density at radius 3 is 2.41 bits per heavy atom. The maximum atomic E-state index is 10.7. The van der Waals surface area contributed by atoms with Crippen molar-refractivity contribution in [3.8, 4) is 11.5 Å². The van der Waals surface area contributed by atoms with Gasteiger partial charge in [-0.05, 0) is 29.8 Å². The molecule has 86 valence electrons. The van der Waals surface area contributed by atoms with Crippen molar-refractivity contribution in [1.82, 2.24) is 0 Å². The van der Waals surface area contributed by atoms with E-state index in [1.807, 2.05) is 61.5 Å². The lowest BCUT2D eigenvalue weighted by Crippen LogP contribution is -1.94. The lowest BCUT2D eigenvalue weighted by atomic mass is 10.0. The van der Waals surface area contributed by atoms with E-state index in [-0.39, 0.29) is 5.92 Å². The van der Waals surface area contributed by atoms with E-state index < -0.39 is 0 Å².